The zero-order chi connectivity index (χ0) is 8.15. The van der Waals surface area contributed by atoms with E-state index in [4.69, 9.17) is 5.11 Å². The average Bonchev–Trinajstić information content (AvgIpc) is 1.81. The van der Waals surface area contributed by atoms with Crippen molar-refractivity contribution in [3.8, 4) is 0 Å². The van der Waals surface area contributed by atoms with E-state index in [9.17, 15) is 14.9 Å². The van der Waals surface area contributed by atoms with Gasteiger partial charge in [-0.15, -0.1) is 0 Å². The van der Waals surface area contributed by atoms with E-state index in [-0.39, 0.29) is 5.70 Å². The van der Waals surface area contributed by atoms with E-state index in [0.717, 1.165) is 0 Å². The number of carboxylic acid groups (broad SMARTS) is 1. The maximum absolute atomic E-state index is 9.94. The lowest BCUT2D eigenvalue weighted by Crippen LogP contribution is -2.04. The van der Waals surface area contributed by atoms with Gasteiger partial charge in [-0.25, -0.2) is 0 Å². The number of nitro groups is 1. The van der Waals surface area contributed by atoms with E-state index in [1.807, 2.05) is 0 Å². The summed E-state index contributed by atoms with van der Waals surface area (Å²) in [6.45, 7) is 1.43. The number of hydrogen-bond donors (Lipinski definition) is 1. The van der Waals surface area contributed by atoms with Crippen LogP contribution in [0.1, 0.15) is 13.3 Å². The number of aliphatic carboxylic acids is 1. The Labute approximate surface area is 57.1 Å². The molecule has 0 aromatic carbocycles. The molecule has 0 fully saturated rings. The molecule has 0 amide bonds. The molecule has 0 rings (SSSR count). The number of hydrogen-bond acceptors (Lipinski definition) is 3. The van der Waals surface area contributed by atoms with Gasteiger partial charge in [-0.2, -0.15) is 0 Å². The number of carbonyl (C=O) groups is 1. The van der Waals surface area contributed by atoms with Gasteiger partial charge in [0.1, 0.15) is 6.42 Å². The Kier molecular flexibility index (Phi) is 3.10. The maximum Gasteiger partial charge on any atom is 0.314 e. The molecule has 0 aliphatic rings. The molecule has 0 bridgehead atoms. The van der Waals surface area contributed by atoms with Crippen LogP contribution in [0.15, 0.2) is 11.8 Å². The van der Waals surface area contributed by atoms with Crippen molar-refractivity contribution >= 4 is 5.97 Å². The second-order valence-electron chi connectivity index (χ2n) is 1.61. The highest BCUT2D eigenvalue weighted by Gasteiger charge is 2.12. The molecular weight excluding hydrogens is 138 g/mol. The summed E-state index contributed by atoms with van der Waals surface area (Å²) < 4.78 is 0. The van der Waals surface area contributed by atoms with Gasteiger partial charge in [-0.1, -0.05) is 0 Å². The van der Waals surface area contributed by atoms with Crippen LogP contribution in [0.2, 0.25) is 0 Å². The summed E-state index contributed by atoms with van der Waals surface area (Å²) in [6, 6.07) is 0. The van der Waals surface area contributed by atoms with Crippen molar-refractivity contribution in [1.29, 1.82) is 0 Å². The van der Waals surface area contributed by atoms with Gasteiger partial charge in [0.2, 0.25) is 0 Å². The zero-order valence-corrected chi connectivity index (χ0v) is 5.40. The van der Waals surface area contributed by atoms with Gasteiger partial charge in [0.15, 0.2) is 0 Å². The first kappa shape index (κ1) is 8.61. The highest BCUT2D eigenvalue weighted by atomic mass is 16.6. The van der Waals surface area contributed by atoms with Crippen LogP contribution in [-0.4, -0.2) is 16.0 Å². The van der Waals surface area contributed by atoms with Gasteiger partial charge in [0.25, 0.3) is 5.70 Å². The Hall–Kier alpha value is -1.39. The predicted molar refractivity (Wildman–Crippen MR) is 33.0 cm³/mol. The second kappa shape index (κ2) is 3.60. The first-order valence-corrected chi connectivity index (χ1v) is 2.59. The molecule has 0 heterocycles. The SMILES string of the molecule is C/C=C(\CC(=O)O)[N+](=O)[O-]. The third kappa shape index (κ3) is 2.81. The van der Waals surface area contributed by atoms with Crippen LogP contribution in [0.5, 0.6) is 0 Å². The Balaban J connectivity index is 4.12. The first-order chi connectivity index (χ1) is 4.57. The lowest BCUT2D eigenvalue weighted by Gasteiger charge is -1.90. The van der Waals surface area contributed by atoms with Crippen LogP contribution in [0.25, 0.3) is 0 Å². The molecule has 0 aliphatic carbocycles. The largest absolute Gasteiger partial charge is 0.481 e. The molecule has 0 radical (unpaired) electrons. The van der Waals surface area contributed by atoms with E-state index in [1.54, 1.807) is 0 Å². The van der Waals surface area contributed by atoms with Crippen molar-refractivity contribution in [1.82, 2.24) is 0 Å². The lowest BCUT2D eigenvalue weighted by atomic mass is 10.3. The summed E-state index contributed by atoms with van der Waals surface area (Å²) in [5, 5.41) is 18.1. The number of carboxylic acids is 1. The molecule has 0 saturated carbocycles. The van der Waals surface area contributed by atoms with Crippen LogP contribution in [0.4, 0.5) is 0 Å². The number of allylic oxidation sites excluding steroid dienone is 1. The molecule has 5 nitrogen and oxygen atoms in total. The van der Waals surface area contributed by atoms with Gasteiger partial charge < -0.3 is 5.11 Å². The van der Waals surface area contributed by atoms with E-state index in [1.165, 1.54) is 13.0 Å². The van der Waals surface area contributed by atoms with Gasteiger partial charge in [0, 0.05) is 0 Å². The third-order valence-electron chi connectivity index (χ3n) is 0.900. The minimum Gasteiger partial charge on any atom is -0.481 e. The van der Waals surface area contributed by atoms with Crippen molar-refractivity contribution in [2.45, 2.75) is 13.3 Å². The van der Waals surface area contributed by atoms with Crippen molar-refractivity contribution in [2.75, 3.05) is 0 Å². The van der Waals surface area contributed by atoms with Crippen molar-refractivity contribution in [3.63, 3.8) is 0 Å². The van der Waals surface area contributed by atoms with Crippen LogP contribution in [0.3, 0.4) is 0 Å². The Morgan fingerprint density at radius 1 is 1.80 bits per heavy atom. The summed E-state index contributed by atoms with van der Waals surface area (Å²) in [4.78, 5) is 19.2. The molecule has 0 atom stereocenters. The normalized spacial score (nSPS) is 11.1. The van der Waals surface area contributed by atoms with Gasteiger partial charge in [-0.3, -0.25) is 14.9 Å². The molecule has 0 spiro atoms. The highest BCUT2D eigenvalue weighted by molar-refractivity contribution is 5.69. The summed E-state index contributed by atoms with van der Waals surface area (Å²) in [5.74, 6) is -1.19. The van der Waals surface area contributed by atoms with Gasteiger partial charge >= 0.3 is 5.97 Å². The highest BCUT2D eigenvalue weighted by Crippen LogP contribution is 2.00. The summed E-state index contributed by atoms with van der Waals surface area (Å²) in [7, 11) is 0. The number of rotatable bonds is 3. The fourth-order valence-corrected chi connectivity index (χ4v) is 0.427. The summed E-state index contributed by atoms with van der Waals surface area (Å²) in [5.41, 5.74) is -0.285. The maximum atomic E-state index is 9.94. The lowest BCUT2D eigenvalue weighted by molar-refractivity contribution is -0.427. The topological polar surface area (TPSA) is 80.4 Å². The second-order valence-corrected chi connectivity index (χ2v) is 1.61. The molecule has 0 saturated heterocycles. The molecule has 56 valence electrons. The molecule has 5 heteroatoms. The van der Waals surface area contributed by atoms with Crippen LogP contribution in [0, 0.1) is 10.1 Å². The van der Waals surface area contributed by atoms with Gasteiger partial charge in [0.05, 0.1) is 4.92 Å². The van der Waals surface area contributed by atoms with Crippen LogP contribution < -0.4 is 0 Å². The molecular formula is C5H7NO4. The Bertz CT molecular complexity index is 184. The molecule has 0 aromatic heterocycles. The Morgan fingerprint density at radius 3 is 2.40 bits per heavy atom. The summed E-state index contributed by atoms with van der Waals surface area (Å²) >= 11 is 0. The minimum atomic E-state index is -1.19. The molecule has 0 aliphatic heterocycles. The van der Waals surface area contributed by atoms with Crippen molar-refractivity contribution in [2.24, 2.45) is 0 Å². The van der Waals surface area contributed by atoms with E-state index < -0.39 is 17.3 Å². The monoisotopic (exact) mass is 145 g/mol. The van der Waals surface area contributed by atoms with Crippen LogP contribution in [-0.2, 0) is 4.79 Å². The fraction of sp³-hybridized carbons (Fsp3) is 0.400. The predicted octanol–water partition coefficient (Wildman–Crippen LogP) is 0.642. The molecule has 10 heavy (non-hydrogen) atoms. The first-order valence-electron chi connectivity index (χ1n) is 2.59. The standard InChI is InChI=1S/C5H7NO4/c1-2-4(6(9)10)3-5(7)8/h2H,3H2,1H3,(H,7,8)/b4-2+. The zero-order valence-electron chi connectivity index (χ0n) is 5.40. The van der Waals surface area contributed by atoms with E-state index in [2.05, 4.69) is 0 Å². The van der Waals surface area contributed by atoms with Crippen molar-refractivity contribution in [3.05, 3.63) is 21.9 Å². The van der Waals surface area contributed by atoms with Crippen molar-refractivity contribution < 1.29 is 14.8 Å². The number of nitrogens with zero attached hydrogens (tertiary/aromatic N) is 1. The van der Waals surface area contributed by atoms with E-state index in [0.29, 0.717) is 0 Å². The molecule has 0 aromatic rings. The third-order valence-corrected chi connectivity index (χ3v) is 0.900. The van der Waals surface area contributed by atoms with Crippen LogP contribution >= 0.6 is 0 Å². The fourth-order valence-electron chi connectivity index (χ4n) is 0.427. The summed E-state index contributed by atoms with van der Waals surface area (Å²) in [6.07, 6.45) is 0.650. The van der Waals surface area contributed by atoms with E-state index >= 15 is 0 Å². The molecule has 0 unspecified atom stereocenters. The smallest absolute Gasteiger partial charge is 0.314 e. The van der Waals surface area contributed by atoms with Gasteiger partial charge in [-0.05, 0) is 13.0 Å². The minimum absolute atomic E-state index is 0.285. The molecule has 1 N–H and O–H groups in total. The average molecular weight is 145 g/mol. The quantitative estimate of drug-likeness (QED) is 0.466. The Morgan fingerprint density at radius 2 is 2.30 bits per heavy atom.